The van der Waals surface area contributed by atoms with Crippen molar-refractivity contribution in [3.8, 4) is 0 Å². The van der Waals surface area contributed by atoms with Gasteiger partial charge in [-0.2, -0.15) is 13.2 Å². The molecule has 1 aliphatic heterocycles. The number of amidine groups is 1. The third-order valence-corrected chi connectivity index (χ3v) is 9.13. The quantitative estimate of drug-likeness (QED) is 0.366. The fraction of sp³-hybridized carbons (Fsp3) is 0.429. The molecule has 2 aromatic carbocycles. The summed E-state index contributed by atoms with van der Waals surface area (Å²) in [5.41, 5.74) is -1.29. The number of aliphatic imine (C=N–C) groups is 1. The topological polar surface area (TPSA) is 90.9 Å². The lowest BCUT2D eigenvalue weighted by Gasteiger charge is -2.29. The van der Waals surface area contributed by atoms with Crippen LogP contribution in [0.5, 0.6) is 0 Å². The highest BCUT2D eigenvalue weighted by atomic mass is 32.2. The number of carbonyl (C=O) groups is 1. The van der Waals surface area contributed by atoms with Gasteiger partial charge in [-0.05, 0) is 74.1 Å². The van der Waals surface area contributed by atoms with E-state index < -0.39 is 33.1 Å². The lowest BCUT2D eigenvalue weighted by Crippen LogP contribution is -2.56. The molecule has 1 heterocycles. The van der Waals surface area contributed by atoms with Crippen LogP contribution in [0, 0.1) is 11.7 Å². The molecule has 2 aromatic rings. The summed E-state index contributed by atoms with van der Waals surface area (Å²) in [4.78, 5) is 17.0. The standard InChI is InChI=1S/C28H32F4N4O3S/c1-19(6-15-25-34-18-27(2,35-25)26(37)33-16-20-4-3-5-20)36(40(38,39)24-13-11-23(29)12-14-24)17-21-7-9-22(10-8-21)28(30,31)32/h7-14,20H,1,3-6,15-18H2,2H3,(H,33,37)(H,34,35)/t27-/m1/s1. The van der Waals surface area contributed by atoms with E-state index in [9.17, 15) is 30.8 Å². The second kappa shape index (κ2) is 11.6. The highest BCUT2D eigenvalue weighted by Gasteiger charge is 2.38. The third-order valence-electron chi connectivity index (χ3n) is 7.30. The number of hydrogen-bond acceptors (Lipinski definition) is 5. The monoisotopic (exact) mass is 580 g/mol. The minimum absolute atomic E-state index is 0.132. The van der Waals surface area contributed by atoms with E-state index >= 15 is 0 Å². The highest BCUT2D eigenvalue weighted by molar-refractivity contribution is 7.89. The Morgan fingerprint density at radius 3 is 2.38 bits per heavy atom. The Morgan fingerprint density at radius 1 is 1.15 bits per heavy atom. The predicted octanol–water partition coefficient (Wildman–Crippen LogP) is 5.01. The van der Waals surface area contributed by atoms with Crippen LogP contribution >= 0.6 is 0 Å². The summed E-state index contributed by atoms with van der Waals surface area (Å²) in [6, 6.07) is 8.45. The van der Waals surface area contributed by atoms with Crippen molar-refractivity contribution in [3.63, 3.8) is 0 Å². The van der Waals surface area contributed by atoms with Gasteiger partial charge >= 0.3 is 6.18 Å². The number of allylic oxidation sites excluding steroid dienone is 1. The van der Waals surface area contributed by atoms with Crippen molar-refractivity contribution in [2.24, 2.45) is 10.9 Å². The largest absolute Gasteiger partial charge is 0.416 e. The number of amides is 1. The molecule has 12 heteroatoms. The summed E-state index contributed by atoms with van der Waals surface area (Å²) >= 11 is 0. The maximum Gasteiger partial charge on any atom is 0.416 e. The molecule has 2 aliphatic rings. The Hall–Kier alpha value is -3.41. The fourth-order valence-electron chi connectivity index (χ4n) is 4.50. The molecule has 0 saturated heterocycles. The Bertz CT molecular complexity index is 1370. The van der Waals surface area contributed by atoms with E-state index in [0.717, 1.165) is 53.5 Å². The minimum atomic E-state index is -4.53. The molecule has 1 saturated carbocycles. The van der Waals surface area contributed by atoms with Crippen molar-refractivity contribution in [1.29, 1.82) is 0 Å². The van der Waals surface area contributed by atoms with Gasteiger partial charge in [0.05, 0.1) is 29.4 Å². The maximum atomic E-state index is 13.5. The van der Waals surface area contributed by atoms with Crippen molar-refractivity contribution in [1.82, 2.24) is 14.9 Å². The van der Waals surface area contributed by atoms with Crippen LogP contribution in [-0.2, 0) is 27.5 Å². The second-order valence-electron chi connectivity index (χ2n) is 10.5. The third kappa shape index (κ3) is 6.83. The molecule has 0 spiro atoms. The van der Waals surface area contributed by atoms with Crippen LogP contribution in [0.2, 0.25) is 0 Å². The molecular formula is C28H32F4N4O3S. The van der Waals surface area contributed by atoms with Crippen molar-refractivity contribution < 1.29 is 30.8 Å². The van der Waals surface area contributed by atoms with Gasteiger partial charge in [0.15, 0.2) is 0 Å². The van der Waals surface area contributed by atoms with Crippen LogP contribution < -0.4 is 10.6 Å². The van der Waals surface area contributed by atoms with Crippen molar-refractivity contribution >= 4 is 21.8 Å². The summed E-state index contributed by atoms with van der Waals surface area (Å²) in [5.74, 6) is 0.268. The maximum absolute atomic E-state index is 13.5. The highest BCUT2D eigenvalue weighted by Crippen LogP contribution is 2.31. The average Bonchev–Trinajstić information content (AvgIpc) is 3.27. The predicted molar refractivity (Wildman–Crippen MR) is 143 cm³/mol. The Balaban J connectivity index is 1.45. The van der Waals surface area contributed by atoms with Gasteiger partial charge < -0.3 is 10.6 Å². The van der Waals surface area contributed by atoms with Gasteiger partial charge in [-0.1, -0.05) is 25.1 Å². The van der Waals surface area contributed by atoms with Crippen molar-refractivity contribution in [2.45, 2.75) is 62.2 Å². The minimum Gasteiger partial charge on any atom is -0.358 e. The lowest BCUT2D eigenvalue weighted by atomic mass is 9.85. The first kappa shape index (κ1) is 29.6. The van der Waals surface area contributed by atoms with Crippen LogP contribution in [-0.4, -0.2) is 43.1 Å². The van der Waals surface area contributed by atoms with E-state index in [1.54, 1.807) is 6.92 Å². The number of nitrogens with one attached hydrogen (secondary N) is 2. The first-order valence-electron chi connectivity index (χ1n) is 13.0. The number of halogens is 4. The molecule has 7 nitrogen and oxygen atoms in total. The Morgan fingerprint density at radius 2 is 1.80 bits per heavy atom. The van der Waals surface area contributed by atoms with Gasteiger partial charge in [0.2, 0.25) is 5.91 Å². The van der Waals surface area contributed by atoms with Gasteiger partial charge in [-0.15, -0.1) is 0 Å². The van der Waals surface area contributed by atoms with Crippen LogP contribution in [0.3, 0.4) is 0 Å². The second-order valence-corrected chi connectivity index (χ2v) is 12.3. The summed E-state index contributed by atoms with van der Waals surface area (Å²) in [6.07, 6.45) is -0.741. The number of hydrogen-bond donors (Lipinski definition) is 2. The SMILES string of the molecule is C=C(CCC1=NC[C@](C)(C(=O)NCC2CCC2)N1)N(Cc1ccc(C(F)(F)F)cc1)S(=O)(=O)c1ccc(F)cc1. The summed E-state index contributed by atoms with van der Waals surface area (Å²) in [6.45, 7) is 6.28. The molecular weight excluding hydrogens is 548 g/mol. The van der Waals surface area contributed by atoms with Crippen molar-refractivity contribution in [2.75, 3.05) is 13.1 Å². The summed E-state index contributed by atoms with van der Waals surface area (Å²) in [5, 5.41) is 6.12. The van der Waals surface area contributed by atoms with Crippen LogP contribution in [0.1, 0.15) is 50.2 Å². The molecule has 40 heavy (non-hydrogen) atoms. The first-order chi connectivity index (χ1) is 18.8. The smallest absolute Gasteiger partial charge is 0.358 e. The van der Waals surface area contributed by atoms with Crippen molar-refractivity contribution in [3.05, 3.63) is 77.8 Å². The number of alkyl halides is 3. The number of benzene rings is 2. The van der Waals surface area contributed by atoms with Gasteiger partial charge in [0, 0.05) is 18.7 Å². The normalized spacial score (nSPS) is 19.4. The number of nitrogens with zero attached hydrogens (tertiary/aromatic N) is 2. The zero-order chi connectivity index (χ0) is 29.1. The number of carbonyl (C=O) groups excluding carboxylic acids is 1. The molecule has 0 aromatic heterocycles. The zero-order valence-corrected chi connectivity index (χ0v) is 22.9. The van der Waals surface area contributed by atoms with Gasteiger partial charge in [0.25, 0.3) is 10.0 Å². The molecule has 0 radical (unpaired) electrons. The zero-order valence-electron chi connectivity index (χ0n) is 22.1. The first-order valence-corrected chi connectivity index (χ1v) is 14.4. The van der Waals surface area contributed by atoms with E-state index in [1.807, 2.05) is 0 Å². The Labute approximate surface area is 231 Å². The van der Waals surface area contributed by atoms with Crippen LogP contribution in [0.4, 0.5) is 17.6 Å². The molecule has 2 N–H and O–H groups in total. The van der Waals surface area contributed by atoms with E-state index in [2.05, 4.69) is 22.2 Å². The van der Waals surface area contributed by atoms with Crippen LogP contribution in [0.15, 0.2) is 70.7 Å². The number of sulfonamides is 1. The van der Waals surface area contributed by atoms with Gasteiger partial charge in [-0.25, -0.2) is 12.8 Å². The van der Waals surface area contributed by atoms with Gasteiger partial charge in [0.1, 0.15) is 11.4 Å². The van der Waals surface area contributed by atoms with E-state index in [4.69, 9.17) is 0 Å². The molecule has 4 rings (SSSR count). The molecule has 1 fully saturated rings. The molecule has 216 valence electrons. The molecule has 1 atom stereocenters. The molecule has 0 unspecified atom stereocenters. The van der Waals surface area contributed by atoms with E-state index in [1.165, 1.54) is 18.6 Å². The molecule has 1 aliphatic carbocycles. The van der Waals surface area contributed by atoms with Crippen LogP contribution in [0.25, 0.3) is 0 Å². The fourth-order valence-corrected chi connectivity index (χ4v) is 5.99. The number of rotatable bonds is 11. The lowest BCUT2D eigenvalue weighted by molar-refractivity contribution is -0.137. The Kier molecular flexibility index (Phi) is 8.57. The van der Waals surface area contributed by atoms with E-state index in [-0.39, 0.29) is 42.4 Å². The molecule has 1 amide bonds. The summed E-state index contributed by atoms with van der Waals surface area (Å²) < 4.78 is 80.6. The van der Waals surface area contributed by atoms with E-state index in [0.29, 0.717) is 23.9 Å². The molecule has 0 bridgehead atoms. The summed E-state index contributed by atoms with van der Waals surface area (Å²) in [7, 11) is -4.23. The average molecular weight is 581 g/mol. The van der Waals surface area contributed by atoms with Gasteiger partial charge in [-0.3, -0.25) is 14.1 Å².